The summed E-state index contributed by atoms with van der Waals surface area (Å²) in [4.78, 5) is 59.8. The summed E-state index contributed by atoms with van der Waals surface area (Å²) in [5.74, 6) is -5.43. The number of aliphatic hydroxyl groups excluding tert-OH is 1. The molecule has 6 unspecified atom stereocenters. The SMILES string of the molecule is C=C1NC(=O)C(C)=CN1[C@H]1C[C@@H](O)[C@@H](COP(=O)(P)CP(=O)(O)CP(=O)(O)CP(=O)(O)NCCNC(=O)CCCCCC2(C)/C(=C\C=C\C3=[N+](CCCS(=O)(=O)O)c4ccc(S(=O)(=O)O)cc4C3(C)C)N(CCCS(=O)(=O)O)c3ccccc32)O1. The molecule has 474 valence electrons. The molecule has 4 heterocycles. The first kappa shape index (κ1) is 70.5. The number of ether oxygens (including phenoxy) is 1. The van der Waals surface area contributed by atoms with Gasteiger partial charge in [0.05, 0.1) is 34.5 Å². The molecule has 1 saturated heterocycles. The predicted molar refractivity (Wildman–Crippen MR) is 323 cm³/mol. The van der Waals surface area contributed by atoms with Crippen LogP contribution in [0.2, 0.25) is 0 Å². The number of rotatable bonds is 31. The first-order chi connectivity index (χ1) is 39.1. The van der Waals surface area contributed by atoms with Crippen LogP contribution in [-0.2, 0) is 78.3 Å². The van der Waals surface area contributed by atoms with E-state index in [0.29, 0.717) is 48.2 Å². The Labute approximate surface area is 497 Å². The van der Waals surface area contributed by atoms with Gasteiger partial charge in [-0.2, -0.15) is 29.8 Å². The van der Waals surface area contributed by atoms with Gasteiger partial charge >= 0.3 is 0 Å². The third kappa shape index (κ3) is 19.5. The van der Waals surface area contributed by atoms with Crippen LogP contribution in [0.5, 0.6) is 0 Å². The van der Waals surface area contributed by atoms with Gasteiger partial charge in [-0.15, -0.1) is 0 Å². The monoisotopic (exact) mass is 1350 g/mol. The number of hydrogen-bond donors (Lipinski definition) is 10. The van der Waals surface area contributed by atoms with E-state index in [-0.39, 0.29) is 68.5 Å². The third-order valence-electron chi connectivity index (χ3n) is 14.8. The molecule has 0 bridgehead atoms. The Kier molecular flexibility index (Phi) is 22.9. The number of carbonyl (C=O) groups excluding carboxylic acids is 2. The summed E-state index contributed by atoms with van der Waals surface area (Å²) in [6.45, 7) is 10.3. The average molecular weight is 1350 g/mol. The van der Waals surface area contributed by atoms with Gasteiger partial charge in [0.15, 0.2) is 5.71 Å². The van der Waals surface area contributed by atoms with Crippen LogP contribution in [0.15, 0.2) is 95.5 Å². The molecule has 0 radical (unpaired) electrons. The van der Waals surface area contributed by atoms with E-state index in [9.17, 15) is 86.5 Å². The Balaban J connectivity index is 1.02. The lowest BCUT2D eigenvalue weighted by Gasteiger charge is -2.32. The largest absolute Gasteiger partial charge is 0.390 e. The Morgan fingerprint density at radius 3 is 2.24 bits per heavy atom. The van der Waals surface area contributed by atoms with Crippen molar-refractivity contribution in [1.29, 1.82) is 0 Å². The molecule has 0 saturated carbocycles. The highest BCUT2D eigenvalue weighted by Crippen LogP contribution is 2.71. The van der Waals surface area contributed by atoms with Crippen molar-refractivity contribution in [1.82, 2.24) is 20.6 Å². The number of aliphatic hydroxyl groups is 1. The summed E-state index contributed by atoms with van der Waals surface area (Å²) >= 11 is 0. The minimum atomic E-state index is -4.85. The van der Waals surface area contributed by atoms with Crippen LogP contribution >= 0.6 is 38.2 Å². The minimum absolute atomic E-state index is 0.00580. The Hall–Kier alpha value is -3.59. The molecular weight excluding hydrogens is 1270 g/mol. The van der Waals surface area contributed by atoms with E-state index >= 15 is 0 Å². The summed E-state index contributed by atoms with van der Waals surface area (Å²) in [6.07, 6.45) is 6.19. The normalized spacial score (nSPS) is 24.2. The number of carbonyl (C=O) groups is 2. The maximum Gasteiger partial charge on any atom is 0.294 e. The fraction of sp³-hybridized carbons (Fsp3) is 0.540. The lowest BCUT2D eigenvalue weighted by atomic mass is 9.77. The number of unbranched alkanes of at least 4 members (excludes halogenated alkanes) is 2. The summed E-state index contributed by atoms with van der Waals surface area (Å²) in [5.41, 5.74) is 2.96. The highest BCUT2D eigenvalue weighted by atomic mass is 32.2. The highest BCUT2D eigenvalue weighted by molar-refractivity contribution is 8.17. The third-order valence-corrected chi connectivity index (χ3v) is 30.6. The van der Waals surface area contributed by atoms with Crippen molar-refractivity contribution in [3.8, 4) is 0 Å². The van der Waals surface area contributed by atoms with Crippen molar-refractivity contribution in [3.63, 3.8) is 0 Å². The zero-order valence-electron chi connectivity index (χ0n) is 47.3. The summed E-state index contributed by atoms with van der Waals surface area (Å²) in [6, 6.07) is 11.7. The zero-order valence-corrected chi connectivity index (χ0v) is 54.5. The molecule has 10 N–H and O–H groups in total. The van der Waals surface area contributed by atoms with Crippen LogP contribution in [0.4, 0.5) is 11.4 Å². The molecule has 4 aliphatic rings. The zero-order chi connectivity index (χ0) is 63.4. The molecule has 2 amide bonds. The molecule has 35 heteroatoms. The van der Waals surface area contributed by atoms with Gasteiger partial charge in [-0.3, -0.25) is 41.5 Å². The van der Waals surface area contributed by atoms with E-state index in [4.69, 9.17) is 9.26 Å². The Bertz CT molecular complexity index is 3600. The molecule has 0 spiro atoms. The summed E-state index contributed by atoms with van der Waals surface area (Å²) < 4.78 is 166. The van der Waals surface area contributed by atoms with Crippen molar-refractivity contribution in [2.75, 3.05) is 66.9 Å². The smallest absolute Gasteiger partial charge is 0.294 e. The molecule has 2 aromatic carbocycles. The van der Waals surface area contributed by atoms with E-state index in [2.05, 4.69) is 22.3 Å². The molecule has 4 aliphatic heterocycles. The molecule has 1 fully saturated rings. The maximum atomic E-state index is 13.3. The number of para-hydroxylation sites is 1. The van der Waals surface area contributed by atoms with E-state index in [1.807, 2.05) is 60.6 Å². The van der Waals surface area contributed by atoms with Crippen molar-refractivity contribution in [2.45, 2.75) is 113 Å². The van der Waals surface area contributed by atoms with Gasteiger partial charge in [-0.1, -0.05) is 43.7 Å². The van der Waals surface area contributed by atoms with Gasteiger partial charge in [-0.25, -0.2) is 5.09 Å². The average Bonchev–Trinajstić information content (AvgIpc) is 1.81. The maximum absolute atomic E-state index is 13.3. The lowest BCUT2D eigenvalue weighted by molar-refractivity contribution is -0.437. The number of anilines is 1. The fourth-order valence-electron chi connectivity index (χ4n) is 10.8. The van der Waals surface area contributed by atoms with Crippen LogP contribution in [0.3, 0.4) is 0 Å². The van der Waals surface area contributed by atoms with Crippen molar-refractivity contribution >= 4 is 97.5 Å². The molecule has 0 aliphatic carbocycles. The molecule has 9 atom stereocenters. The van der Waals surface area contributed by atoms with Crippen molar-refractivity contribution in [2.24, 2.45) is 0 Å². The van der Waals surface area contributed by atoms with Gasteiger partial charge < -0.3 is 49.5 Å². The van der Waals surface area contributed by atoms with Gasteiger partial charge in [0.1, 0.15) is 42.4 Å². The number of benzene rings is 2. The van der Waals surface area contributed by atoms with Crippen LogP contribution < -0.4 is 20.6 Å². The van der Waals surface area contributed by atoms with Gasteiger partial charge in [0.25, 0.3) is 43.8 Å². The van der Waals surface area contributed by atoms with E-state index in [1.165, 1.54) is 29.3 Å². The molecule has 0 aromatic heterocycles. The number of amides is 2. The fourth-order valence-corrected chi connectivity index (χ4v) is 26.4. The molecular formula is C50H76N6O21P5S3+. The molecule has 2 aromatic rings. The number of allylic oxidation sites excluding steroid dienone is 4. The first-order valence-corrected chi connectivity index (χ1v) is 40.8. The molecule has 6 rings (SSSR count). The Morgan fingerprint density at radius 2 is 1.56 bits per heavy atom. The van der Waals surface area contributed by atoms with Crippen molar-refractivity contribution < 1.29 is 100 Å². The van der Waals surface area contributed by atoms with E-state index in [1.54, 1.807) is 28.0 Å². The van der Waals surface area contributed by atoms with Gasteiger partial charge in [-0.05, 0) is 85.7 Å². The van der Waals surface area contributed by atoms with Crippen LogP contribution in [0.25, 0.3) is 0 Å². The second-order valence-electron chi connectivity index (χ2n) is 22.2. The minimum Gasteiger partial charge on any atom is -0.390 e. The Morgan fingerprint density at radius 1 is 0.906 bits per heavy atom. The summed E-state index contributed by atoms with van der Waals surface area (Å²) in [7, 11) is -29.8. The van der Waals surface area contributed by atoms with Crippen molar-refractivity contribution in [3.05, 3.63) is 102 Å². The second kappa shape index (κ2) is 27.7. The highest BCUT2D eigenvalue weighted by Gasteiger charge is 2.47. The summed E-state index contributed by atoms with van der Waals surface area (Å²) in [5, 5.41) is 18.0. The number of fused-ring (bicyclic) bond motifs is 2. The standard InChI is InChI=1S/C50H75N6O21P5S3/c1-35-30-56(36(2)53-48(35)59)47-29-42(57)43(77-47)31-76-82(66,78)34-80(62,63)32-79(60,61)33-81(64,65)52-23-22-51-46(58)18-7-6-10-21-50(5)38-14-8-9-15-40(38)55(25-13-27-84(70,71)72)45(50)17-11-16-44-49(3,4)39-28-37(85(73,74)75)19-20-41(39)54(44)24-12-26-83(67,68)69/h8-9,11,14-17,19-20,28,30,42-43,47,57H,2,6-7,10,12-13,18,21-27,29,31-34,78H2,1,3-5H3,(H8-,51,52,53,58,59,60,61,62,63,64,65,67,68,69,70,71,72,73,74,75)/p+1/t42-,43-,47-,50?,82?/m1/s1. The topological polar surface area (TPSA) is 410 Å². The van der Waals surface area contributed by atoms with E-state index in [0.717, 1.165) is 16.9 Å². The quantitative estimate of drug-likeness (QED) is 0.0187. The number of hydrogen-bond acceptors (Lipinski definition) is 17. The lowest BCUT2D eigenvalue weighted by Crippen LogP contribution is -2.42. The van der Waals surface area contributed by atoms with Crippen LogP contribution in [0.1, 0.15) is 90.2 Å². The molecule has 85 heavy (non-hydrogen) atoms. The molecule has 27 nitrogen and oxygen atoms in total. The van der Waals surface area contributed by atoms with E-state index < -0.39 is 131 Å². The second-order valence-corrected chi connectivity index (χ2v) is 39.4. The van der Waals surface area contributed by atoms with Gasteiger partial charge in [0.2, 0.25) is 33.4 Å². The number of nitrogens with zero attached hydrogens (tertiary/aromatic N) is 3. The van der Waals surface area contributed by atoms with Gasteiger partial charge in [0, 0.05) is 85.2 Å². The first-order valence-electron chi connectivity index (χ1n) is 26.8. The predicted octanol–water partition coefficient (Wildman–Crippen LogP) is 5.71. The number of nitrogens with one attached hydrogen (secondary N) is 3. The van der Waals surface area contributed by atoms with Crippen LogP contribution in [0, 0.1) is 0 Å². The van der Waals surface area contributed by atoms with Crippen LogP contribution in [-0.4, -0.2) is 166 Å².